The number of carbonyl (C=O) groups is 1. The Morgan fingerprint density at radius 3 is 2.81 bits per heavy atom. The molecule has 2 aromatic rings. The molecule has 21 heavy (non-hydrogen) atoms. The first-order chi connectivity index (χ1) is 9.99. The largest absolute Gasteiger partial charge is 0.370 e. The number of aromatic nitrogens is 1. The molecule has 0 aromatic carbocycles. The van der Waals surface area contributed by atoms with Crippen LogP contribution in [0.3, 0.4) is 0 Å². The molecule has 0 fully saturated rings. The molecule has 2 rings (SSSR count). The fourth-order valence-corrected chi connectivity index (χ4v) is 3.17. The van der Waals surface area contributed by atoms with Gasteiger partial charge in [-0.3, -0.25) is 4.79 Å². The van der Waals surface area contributed by atoms with Crippen LogP contribution in [0.5, 0.6) is 0 Å². The van der Waals surface area contributed by atoms with Crippen molar-refractivity contribution in [3.05, 3.63) is 44.7 Å². The van der Waals surface area contributed by atoms with Gasteiger partial charge in [-0.05, 0) is 38.1 Å². The van der Waals surface area contributed by atoms with Gasteiger partial charge in [-0.25, -0.2) is 4.98 Å². The van der Waals surface area contributed by atoms with Crippen molar-refractivity contribution in [2.45, 2.75) is 20.4 Å². The number of amides is 1. The Morgan fingerprint density at radius 2 is 2.19 bits per heavy atom. The number of anilines is 1. The molecule has 2 aromatic heterocycles. The second kappa shape index (κ2) is 6.91. The molecule has 0 saturated carbocycles. The number of pyridine rings is 1. The van der Waals surface area contributed by atoms with Crippen molar-refractivity contribution in [3.63, 3.8) is 0 Å². The molecule has 0 aliphatic carbocycles. The van der Waals surface area contributed by atoms with Crippen molar-refractivity contribution in [2.75, 3.05) is 18.9 Å². The summed E-state index contributed by atoms with van der Waals surface area (Å²) < 4.78 is 0.736. The molecule has 1 N–H and O–H groups in total. The molecule has 6 heteroatoms. The van der Waals surface area contributed by atoms with Crippen molar-refractivity contribution in [2.24, 2.45) is 0 Å². The van der Waals surface area contributed by atoms with Crippen LogP contribution in [0.15, 0.2) is 24.3 Å². The number of aryl methyl sites for hydroxylation is 1. The Bertz CT molecular complexity index is 642. The summed E-state index contributed by atoms with van der Waals surface area (Å²) in [7, 11) is 1.79. The number of hydrogen-bond donors (Lipinski definition) is 1. The number of rotatable bonds is 5. The average Bonchev–Trinajstić information content (AvgIpc) is 2.83. The van der Waals surface area contributed by atoms with Crippen LogP contribution in [0.4, 0.5) is 5.82 Å². The summed E-state index contributed by atoms with van der Waals surface area (Å²) in [5, 5.41) is 3.14. The van der Waals surface area contributed by atoms with Crippen LogP contribution in [-0.2, 0) is 6.54 Å². The van der Waals surface area contributed by atoms with Crippen LogP contribution in [-0.4, -0.2) is 29.4 Å². The topological polar surface area (TPSA) is 45.2 Å². The second-order valence-electron chi connectivity index (χ2n) is 4.78. The summed E-state index contributed by atoms with van der Waals surface area (Å²) >= 11 is 7.41. The summed E-state index contributed by atoms with van der Waals surface area (Å²) in [6.45, 7) is 5.20. The Balaban J connectivity index is 2.14. The van der Waals surface area contributed by atoms with E-state index in [4.69, 9.17) is 11.6 Å². The molecule has 2 heterocycles. The standard InChI is InChI=1S/C15H18ClN3OS/c1-4-17-14-8-11(7-10(2)18-14)15(20)19(3)9-12-5-6-13(16)21-12/h5-8H,4,9H2,1-3H3,(H,17,18). The van der Waals surface area contributed by atoms with Gasteiger partial charge in [0.05, 0.1) is 10.9 Å². The minimum atomic E-state index is -0.0239. The second-order valence-corrected chi connectivity index (χ2v) is 6.58. The fourth-order valence-electron chi connectivity index (χ4n) is 2.03. The molecule has 4 nitrogen and oxygen atoms in total. The van der Waals surface area contributed by atoms with Gasteiger partial charge in [-0.1, -0.05) is 11.6 Å². The van der Waals surface area contributed by atoms with E-state index in [9.17, 15) is 4.79 Å². The van der Waals surface area contributed by atoms with Crippen LogP contribution in [0, 0.1) is 6.92 Å². The fraction of sp³-hybridized carbons (Fsp3) is 0.333. The zero-order valence-corrected chi connectivity index (χ0v) is 13.9. The third kappa shape index (κ3) is 4.19. The van der Waals surface area contributed by atoms with E-state index >= 15 is 0 Å². The molecule has 0 saturated heterocycles. The highest BCUT2D eigenvalue weighted by Gasteiger charge is 2.14. The van der Waals surface area contributed by atoms with Crippen LogP contribution in [0.25, 0.3) is 0 Å². The molecule has 0 bridgehead atoms. The van der Waals surface area contributed by atoms with Crippen LogP contribution < -0.4 is 5.32 Å². The zero-order valence-electron chi connectivity index (χ0n) is 12.3. The molecule has 112 valence electrons. The highest BCUT2D eigenvalue weighted by molar-refractivity contribution is 7.16. The first-order valence-corrected chi connectivity index (χ1v) is 7.91. The van der Waals surface area contributed by atoms with E-state index in [2.05, 4.69) is 10.3 Å². The van der Waals surface area contributed by atoms with Crippen molar-refractivity contribution < 1.29 is 4.79 Å². The van der Waals surface area contributed by atoms with E-state index in [0.29, 0.717) is 12.1 Å². The van der Waals surface area contributed by atoms with E-state index in [-0.39, 0.29) is 5.91 Å². The van der Waals surface area contributed by atoms with Crippen molar-refractivity contribution in [1.29, 1.82) is 0 Å². The van der Waals surface area contributed by atoms with Crippen LogP contribution in [0.1, 0.15) is 27.9 Å². The Kier molecular flexibility index (Phi) is 5.20. The molecule has 0 spiro atoms. The number of nitrogens with zero attached hydrogens (tertiary/aromatic N) is 2. The average molecular weight is 324 g/mol. The Labute approximate surface area is 133 Å². The lowest BCUT2D eigenvalue weighted by Crippen LogP contribution is -2.26. The normalized spacial score (nSPS) is 10.5. The smallest absolute Gasteiger partial charge is 0.254 e. The zero-order chi connectivity index (χ0) is 15.4. The maximum Gasteiger partial charge on any atom is 0.254 e. The predicted molar refractivity (Wildman–Crippen MR) is 88.3 cm³/mol. The van der Waals surface area contributed by atoms with Gasteiger partial charge < -0.3 is 10.2 Å². The highest BCUT2D eigenvalue weighted by Crippen LogP contribution is 2.23. The van der Waals surface area contributed by atoms with Crippen molar-refractivity contribution in [3.8, 4) is 0 Å². The van der Waals surface area contributed by atoms with Gasteiger partial charge in [0.15, 0.2) is 0 Å². The van der Waals surface area contributed by atoms with Gasteiger partial charge in [-0.2, -0.15) is 0 Å². The molecule has 0 aliphatic rings. The molecule has 0 radical (unpaired) electrons. The number of carbonyl (C=O) groups excluding carboxylic acids is 1. The minimum Gasteiger partial charge on any atom is -0.370 e. The summed E-state index contributed by atoms with van der Waals surface area (Å²) in [5.74, 6) is 0.706. The summed E-state index contributed by atoms with van der Waals surface area (Å²) in [6.07, 6.45) is 0. The minimum absolute atomic E-state index is 0.0239. The molecule has 1 amide bonds. The van der Waals surface area contributed by atoms with Crippen LogP contribution >= 0.6 is 22.9 Å². The van der Waals surface area contributed by atoms with Gasteiger partial charge >= 0.3 is 0 Å². The van der Waals surface area contributed by atoms with Gasteiger partial charge in [-0.15, -0.1) is 11.3 Å². The highest BCUT2D eigenvalue weighted by atomic mass is 35.5. The molecular weight excluding hydrogens is 306 g/mol. The van der Waals surface area contributed by atoms with Gasteiger partial charge in [0.1, 0.15) is 5.82 Å². The Morgan fingerprint density at radius 1 is 1.43 bits per heavy atom. The van der Waals surface area contributed by atoms with Crippen molar-refractivity contribution in [1.82, 2.24) is 9.88 Å². The van der Waals surface area contributed by atoms with E-state index in [0.717, 1.165) is 27.3 Å². The number of halogens is 1. The first kappa shape index (κ1) is 15.8. The summed E-state index contributed by atoms with van der Waals surface area (Å²) in [4.78, 5) is 19.6. The monoisotopic (exact) mass is 323 g/mol. The maximum absolute atomic E-state index is 12.5. The first-order valence-electron chi connectivity index (χ1n) is 6.72. The van der Waals surface area contributed by atoms with Gasteiger partial charge in [0.2, 0.25) is 0 Å². The van der Waals surface area contributed by atoms with E-state index < -0.39 is 0 Å². The molecule has 0 atom stereocenters. The molecular formula is C15H18ClN3OS. The lowest BCUT2D eigenvalue weighted by atomic mass is 10.2. The van der Waals surface area contributed by atoms with Gasteiger partial charge in [0, 0.05) is 29.7 Å². The quantitative estimate of drug-likeness (QED) is 0.910. The molecule has 0 unspecified atom stereocenters. The van der Waals surface area contributed by atoms with E-state index in [1.54, 1.807) is 24.1 Å². The van der Waals surface area contributed by atoms with Crippen molar-refractivity contribution >= 4 is 34.7 Å². The van der Waals surface area contributed by atoms with Gasteiger partial charge in [0.25, 0.3) is 5.91 Å². The lowest BCUT2D eigenvalue weighted by Gasteiger charge is -2.17. The lowest BCUT2D eigenvalue weighted by molar-refractivity contribution is 0.0786. The summed E-state index contributed by atoms with van der Waals surface area (Å²) in [6, 6.07) is 7.39. The maximum atomic E-state index is 12.5. The number of thiophene rings is 1. The number of hydrogen-bond acceptors (Lipinski definition) is 4. The summed E-state index contributed by atoms with van der Waals surface area (Å²) in [5.41, 5.74) is 1.47. The van der Waals surface area contributed by atoms with Crippen LogP contribution in [0.2, 0.25) is 4.34 Å². The SMILES string of the molecule is CCNc1cc(C(=O)N(C)Cc2ccc(Cl)s2)cc(C)n1. The van der Waals surface area contributed by atoms with E-state index in [1.165, 1.54) is 11.3 Å². The third-order valence-corrected chi connectivity index (χ3v) is 4.14. The Hall–Kier alpha value is -1.59. The molecule has 0 aliphatic heterocycles. The third-order valence-electron chi connectivity index (χ3n) is 2.93. The predicted octanol–water partition coefficient (Wildman–Crippen LogP) is 3.81. The van der Waals surface area contributed by atoms with E-state index in [1.807, 2.05) is 26.0 Å². The number of nitrogens with one attached hydrogen (secondary N) is 1.